The quantitative estimate of drug-likeness (QED) is 0.242. The lowest BCUT2D eigenvalue weighted by molar-refractivity contribution is -0.386. The number of nitrogens with zero attached hydrogens (tertiary/aromatic N) is 7. The number of hydrogen-bond acceptors (Lipinski definition) is 8. The zero-order valence-corrected chi connectivity index (χ0v) is 17.3. The summed E-state index contributed by atoms with van der Waals surface area (Å²) in [6.07, 6.45) is 1.74. The summed E-state index contributed by atoms with van der Waals surface area (Å²) in [7, 11) is 0. The normalized spacial score (nSPS) is 11.5. The summed E-state index contributed by atoms with van der Waals surface area (Å²) in [4.78, 5) is 11.7. The predicted molar refractivity (Wildman–Crippen MR) is 104 cm³/mol. The van der Waals surface area contributed by atoms with Crippen LogP contribution in [-0.4, -0.2) is 35.8 Å². The van der Waals surface area contributed by atoms with E-state index in [1.165, 1.54) is 11.8 Å². The van der Waals surface area contributed by atoms with Crippen LogP contribution in [0, 0.1) is 30.9 Å². The highest BCUT2D eigenvalue weighted by molar-refractivity contribution is 9.10. The van der Waals surface area contributed by atoms with Gasteiger partial charge < -0.3 is 0 Å². The molecule has 0 aromatic carbocycles. The van der Waals surface area contributed by atoms with Gasteiger partial charge in [-0.2, -0.15) is 14.9 Å². The van der Waals surface area contributed by atoms with E-state index in [1.807, 2.05) is 18.4 Å². The van der Waals surface area contributed by atoms with Gasteiger partial charge in [0.25, 0.3) is 0 Å². The van der Waals surface area contributed by atoms with E-state index in [0.29, 0.717) is 28.2 Å². The first-order valence-corrected chi connectivity index (χ1v) is 10.0. The van der Waals surface area contributed by atoms with E-state index < -0.39 is 4.92 Å². The molecule has 0 aliphatic rings. The number of rotatable bonds is 6. The second-order valence-corrected chi connectivity index (χ2v) is 8.07. The number of aryl methyl sites for hydroxylation is 2. The molecule has 0 saturated heterocycles. The Hall–Kier alpha value is -2.05. The van der Waals surface area contributed by atoms with E-state index in [2.05, 4.69) is 36.3 Å². The van der Waals surface area contributed by atoms with Crippen LogP contribution < -0.4 is 0 Å². The number of nitro groups is 1. The van der Waals surface area contributed by atoms with E-state index in [4.69, 9.17) is 0 Å². The van der Waals surface area contributed by atoms with Gasteiger partial charge in [0.15, 0.2) is 5.82 Å². The summed E-state index contributed by atoms with van der Waals surface area (Å²) in [5.74, 6) is 1.03. The van der Waals surface area contributed by atoms with E-state index in [0.717, 1.165) is 9.35 Å². The third-order valence-corrected chi connectivity index (χ3v) is 6.01. The Kier molecular flexibility index (Phi) is 5.53. The van der Waals surface area contributed by atoms with Crippen molar-refractivity contribution >= 4 is 50.9 Å². The molecule has 0 atom stereocenters. The van der Waals surface area contributed by atoms with Crippen LogP contribution >= 0.6 is 39.0 Å². The van der Waals surface area contributed by atoms with Crippen LogP contribution in [0.2, 0.25) is 0 Å². The lowest BCUT2D eigenvalue weighted by Crippen LogP contribution is -2.02. The van der Waals surface area contributed by atoms with Crippen LogP contribution in [0.4, 0.5) is 5.69 Å². The van der Waals surface area contributed by atoms with Crippen LogP contribution in [0.25, 0.3) is 0 Å². The highest BCUT2D eigenvalue weighted by atomic mass is 79.9. The molecule has 0 aliphatic heterocycles. The maximum absolute atomic E-state index is 11.1. The molecular weight excluding hydrogens is 442 g/mol. The summed E-state index contributed by atoms with van der Waals surface area (Å²) < 4.78 is 4.23. The second kappa shape index (κ2) is 7.68. The fourth-order valence-electron chi connectivity index (χ4n) is 2.27. The molecule has 3 heterocycles. The van der Waals surface area contributed by atoms with Crippen molar-refractivity contribution in [3.8, 4) is 0 Å². The molecule has 0 amide bonds. The smallest absolute Gasteiger partial charge is 0.258 e. The first kappa shape index (κ1) is 18.7. The van der Waals surface area contributed by atoms with Crippen molar-refractivity contribution in [2.24, 2.45) is 5.10 Å². The van der Waals surface area contributed by atoms with Crippen LogP contribution in [0.1, 0.15) is 22.1 Å². The molecule has 136 valence electrons. The Morgan fingerprint density at radius 2 is 2.19 bits per heavy atom. The van der Waals surface area contributed by atoms with E-state index in [1.54, 1.807) is 40.8 Å². The molecular formula is C14H14BrN7O2S2. The topological polar surface area (TPSA) is 104 Å². The molecule has 9 nitrogen and oxygen atoms in total. The fourth-order valence-corrected chi connectivity index (χ4v) is 4.46. The van der Waals surface area contributed by atoms with Gasteiger partial charge in [-0.15, -0.1) is 21.5 Å². The van der Waals surface area contributed by atoms with Crippen molar-refractivity contribution in [2.45, 2.75) is 31.8 Å². The van der Waals surface area contributed by atoms with Crippen molar-refractivity contribution in [2.75, 3.05) is 0 Å². The van der Waals surface area contributed by atoms with Gasteiger partial charge in [-0.25, -0.2) is 0 Å². The molecule has 0 radical (unpaired) electrons. The zero-order valence-electron chi connectivity index (χ0n) is 14.1. The van der Waals surface area contributed by atoms with Crippen molar-refractivity contribution < 1.29 is 4.92 Å². The summed E-state index contributed by atoms with van der Waals surface area (Å²) in [6.45, 7) is 5.12. The lowest BCUT2D eigenvalue weighted by atomic mass is 10.3. The van der Waals surface area contributed by atoms with Crippen LogP contribution in [0.15, 0.2) is 26.2 Å². The number of halogens is 1. The third-order valence-electron chi connectivity index (χ3n) is 3.50. The van der Waals surface area contributed by atoms with Crippen molar-refractivity contribution in [3.63, 3.8) is 0 Å². The predicted octanol–water partition coefficient (Wildman–Crippen LogP) is 3.76. The number of hydrogen-bond donors (Lipinski definition) is 0. The highest BCUT2D eigenvalue weighted by Gasteiger charge is 2.22. The summed E-state index contributed by atoms with van der Waals surface area (Å²) in [5, 5.41) is 30.5. The first-order chi connectivity index (χ1) is 12.4. The van der Waals surface area contributed by atoms with Gasteiger partial charge in [-0.3, -0.25) is 14.8 Å². The molecule has 3 aromatic rings. The standard InChI is InChI=1S/C14H14BrN7O2S2/c1-8-13(22(23)24)9(2)20(19-8)7-26-14-18-17-10(3)21(14)16-5-12-4-11(15)6-25-12/h4-6H,7H2,1-3H3/b16-5-. The molecule has 3 rings (SSSR count). The average molecular weight is 456 g/mol. The minimum Gasteiger partial charge on any atom is -0.258 e. The molecule has 0 fully saturated rings. The molecule has 0 saturated carbocycles. The molecule has 0 N–H and O–H groups in total. The second-order valence-electron chi connectivity index (χ2n) is 5.30. The Bertz CT molecular complexity index is 992. The Balaban J connectivity index is 1.78. The largest absolute Gasteiger partial charge is 0.312 e. The number of thioether (sulfide) groups is 1. The minimum absolute atomic E-state index is 0.0459. The third kappa shape index (κ3) is 3.86. The van der Waals surface area contributed by atoms with Crippen LogP contribution in [-0.2, 0) is 5.88 Å². The maximum Gasteiger partial charge on any atom is 0.312 e. The van der Waals surface area contributed by atoms with E-state index >= 15 is 0 Å². The highest BCUT2D eigenvalue weighted by Crippen LogP contribution is 2.26. The van der Waals surface area contributed by atoms with Gasteiger partial charge in [-0.1, -0.05) is 11.8 Å². The van der Waals surface area contributed by atoms with Crippen LogP contribution in [0.3, 0.4) is 0 Å². The lowest BCUT2D eigenvalue weighted by Gasteiger charge is -2.03. The first-order valence-electron chi connectivity index (χ1n) is 7.38. The Labute approximate surface area is 165 Å². The van der Waals surface area contributed by atoms with Gasteiger partial charge in [-0.05, 0) is 42.8 Å². The van der Waals surface area contributed by atoms with Gasteiger partial charge in [0.1, 0.15) is 11.4 Å². The minimum atomic E-state index is -0.408. The molecule has 0 spiro atoms. The molecule has 0 aliphatic carbocycles. The Morgan fingerprint density at radius 3 is 2.81 bits per heavy atom. The Morgan fingerprint density at radius 1 is 1.42 bits per heavy atom. The summed E-state index contributed by atoms with van der Waals surface area (Å²) in [6, 6.07) is 1.97. The van der Waals surface area contributed by atoms with Crippen molar-refractivity contribution in [3.05, 3.63) is 48.1 Å². The average Bonchev–Trinajstić information content (AvgIpc) is 3.22. The molecule has 12 heteroatoms. The molecule has 0 unspecified atom stereocenters. The van der Waals surface area contributed by atoms with E-state index in [9.17, 15) is 10.1 Å². The summed E-state index contributed by atoms with van der Waals surface area (Å²) >= 11 is 6.33. The van der Waals surface area contributed by atoms with Crippen molar-refractivity contribution in [1.29, 1.82) is 0 Å². The molecule has 26 heavy (non-hydrogen) atoms. The van der Waals surface area contributed by atoms with Gasteiger partial charge >= 0.3 is 5.69 Å². The van der Waals surface area contributed by atoms with Gasteiger partial charge in [0.05, 0.1) is 17.0 Å². The maximum atomic E-state index is 11.1. The SMILES string of the molecule is Cc1nn(CSc2nnc(C)n2/N=C\c2cc(Br)cs2)c(C)c1[N+](=O)[O-]. The molecule has 3 aromatic heterocycles. The molecule has 0 bridgehead atoms. The number of aromatic nitrogens is 5. The monoisotopic (exact) mass is 455 g/mol. The fraction of sp³-hybridized carbons (Fsp3) is 0.286. The van der Waals surface area contributed by atoms with E-state index in [-0.39, 0.29) is 5.69 Å². The van der Waals surface area contributed by atoms with Crippen molar-refractivity contribution in [1.82, 2.24) is 24.7 Å². The van der Waals surface area contributed by atoms with Gasteiger partial charge in [0.2, 0.25) is 5.16 Å². The van der Waals surface area contributed by atoms with Gasteiger partial charge in [0, 0.05) is 14.7 Å². The number of thiophene rings is 1. The van der Waals surface area contributed by atoms with Crippen LogP contribution in [0.5, 0.6) is 0 Å². The summed E-state index contributed by atoms with van der Waals surface area (Å²) in [5.41, 5.74) is 0.950. The zero-order chi connectivity index (χ0) is 18.8.